The molecule has 3 rings (SSSR count). The van der Waals surface area contributed by atoms with Crippen molar-refractivity contribution >= 4 is 11.9 Å². The Hall–Kier alpha value is -3.89. The molecule has 0 fully saturated rings. The zero-order valence-corrected chi connectivity index (χ0v) is 17.1. The van der Waals surface area contributed by atoms with Crippen LogP contribution in [0.1, 0.15) is 27.2 Å². The lowest BCUT2D eigenvalue weighted by atomic mass is 10.2. The van der Waals surface area contributed by atoms with Gasteiger partial charge in [-0.1, -0.05) is 18.2 Å². The molecular weight excluding hydrogens is 429 g/mol. The first-order valence-corrected chi connectivity index (χ1v) is 9.34. The number of para-hydroxylation sites is 1. The molecule has 0 unspecified atom stereocenters. The maximum atomic E-state index is 12.7. The molecule has 8 nitrogen and oxygen atoms in total. The number of methoxy groups -OCH3 is 1. The van der Waals surface area contributed by atoms with Crippen LogP contribution in [0.4, 0.5) is 13.2 Å². The number of nitrogens with zero attached hydrogens (tertiary/aromatic N) is 3. The van der Waals surface area contributed by atoms with E-state index in [0.717, 1.165) is 17.7 Å². The molecule has 168 valence electrons. The molecule has 0 aliphatic rings. The molecule has 0 saturated heterocycles. The van der Waals surface area contributed by atoms with E-state index < -0.39 is 30.2 Å². The van der Waals surface area contributed by atoms with Crippen molar-refractivity contribution in [3.05, 3.63) is 71.2 Å². The van der Waals surface area contributed by atoms with Gasteiger partial charge in [0.25, 0.3) is 5.91 Å². The monoisotopic (exact) mass is 448 g/mol. The summed E-state index contributed by atoms with van der Waals surface area (Å²) in [5.74, 6) is -0.597. The van der Waals surface area contributed by atoms with Gasteiger partial charge in [0, 0.05) is 18.3 Å². The van der Waals surface area contributed by atoms with Gasteiger partial charge in [0.2, 0.25) is 0 Å². The van der Waals surface area contributed by atoms with Gasteiger partial charge < -0.3 is 14.8 Å². The first-order valence-electron chi connectivity index (χ1n) is 9.34. The van der Waals surface area contributed by atoms with Gasteiger partial charge in [-0.25, -0.2) is 14.5 Å². The number of rotatable bonds is 7. The lowest BCUT2D eigenvalue weighted by Crippen LogP contribution is -2.28. The van der Waals surface area contributed by atoms with Gasteiger partial charge in [-0.15, -0.1) is 0 Å². The van der Waals surface area contributed by atoms with E-state index in [9.17, 15) is 22.8 Å². The van der Waals surface area contributed by atoms with Crippen molar-refractivity contribution in [1.82, 2.24) is 20.1 Å². The topological polar surface area (TPSA) is 95.3 Å². The number of carbonyl (C=O) groups excluding carboxylic acids is 2. The second kappa shape index (κ2) is 9.50. The third-order valence-electron chi connectivity index (χ3n) is 4.52. The number of alkyl halides is 3. The Balaban J connectivity index is 1.59. The van der Waals surface area contributed by atoms with Gasteiger partial charge in [-0.2, -0.15) is 18.3 Å². The summed E-state index contributed by atoms with van der Waals surface area (Å²) in [7, 11) is 1.52. The molecule has 0 atom stereocenters. The molecule has 0 aliphatic carbocycles. The third-order valence-corrected chi connectivity index (χ3v) is 4.52. The number of aromatic nitrogens is 3. The normalized spacial score (nSPS) is 11.2. The fraction of sp³-hybridized carbons (Fsp3) is 0.238. The molecule has 1 amide bonds. The summed E-state index contributed by atoms with van der Waals surface area (Å²) in [6, 6.07) is 9.16. The Morgan fingerprint density at radius 1 is 1.12 bits per heavy atom. The molecule has 0 bridgehead atoms. The maximum absolute atomic E-state index is 12.7. The smallest absolute Gasteiger partial charge is 0.417 e. The number of pyridine rings is 1. The molecule has 32 heavy (non-hydrogen) atoms. The van der Waals surface area contributed by atoms with Crippen LogP contribution in [0.15, 0.2) is 48.8 Å². The summed E-state index contributed by atoms with van der Waals surface area (Å²) in [6.45, 7) is 1.21. The van der Waals surface area contributed by atoms with E-state index in [0.29, 0.717) is 17.6 Å². The second-order valence-corrected chi connectivity index (χ2v) is 6.62. The Morgan fingerprint density at radius 3 is 2.53 bits per heavy atom. The third kappa shape index (κ3) is 5.23. The van der Waals surface area contributed by atoms with Crippen LogP contribution < -0.4 is 10.1 Å². The van der Waals surface area contributed by atoms with Crippen molar-refractivity contribution in [2.75, 3.05) is 13.7 Å². The van der Waals surface area contributed by atoms with Crippen LogP contribution >= 0.6 is 0 Å². The van der Waals surface area contributed by atoms with Gasteiger partial charge in [0.15, 0.2) is 12.4 Å². The zero-order valence-electron chi connectivity index (χ0n) is 17.1. The summed E-state index contributed by atoms with van der Waals surface area (Å²) >= 11 is 0. The van der Waals surface area contributed by atoms with E-state index in [1.807, 2.05) is 0 Å². The van der Waals surface area contributed by atoms with E-state index in [1.165, 1.54) is 24.9 Å². The number of esters is 1. The van der Waals surface area contributed by atoms with Gasteiger partial charge >= 0.3 is 12.1 Å². The minimum absolute atomic E-state index is 0.0595. The quantitative estimate of drug-likeness (QED) is 0.559. The standard InChI is InChI=1S/C21H19F3N4O4/c1-13-16(11-27-28(13)18-8-7-15(10-25-18)21(22,23)24)20(30)32-12-19(29)26-9-14-5-3-4-6-17(14)31-2/h3-8,10-11H,9,12H2,1-2H3,(H,26,29). The highest BCUT2D eigenvalue weighted by Gasteiger charge is 2.31. The number of hydrogen-bond acceptors (Lipinski definition) is 6. The number of amides is 1. The summed E-state index contributed by atoms with van der Waals surface area (Å²) in [4.78, 5) is 28.1. The van der Waals surface area contributed by atoms with E-state index in [-0.39, 0.29) is 17.9 Å². The van der Waals surface area contributed by atoms with Crippen molar-refractivity contribution in [3.8, 4) is 11.6 Å². The van der Waals surface area contributed by atoms with Crippen LogP contribution in [0.25, 0.3) is 5.82 Å². The van der Waals surface area contributed by atoms with Crippen molar-refractivity contribution in [1.29, 1.82) is 0 Å². The lowest BCUT2D eigenvalue weighted by molar-refractivity contribution is -0.137. The Kier molecular flexibility index (Phi) is 6.76. The molecule has 1 N–H and O–H groups in total. The average Bonchev–Trinajstić information content (AvgIpc) is 3.17. The maximum Gasteiger partial charge on any atom is 0.417 e. The van der Waals surface area contributed by atoms with Crippen LogP contribution in [-0.2, 0) is 22.3 Å². The fourth-order valence-corrected chi connectivity index (χ4v) is 2.82. The number of halogens is 3. The number of hydrogen-bond donors (Lipinski definition) is 1. The summed E-state index contributed by atoms with van der Waals surface area (Å²) < 4.78 is 49.5. The zero-order chi connectivity index (χ0) is 23.3. The SMILES string of the molecule is COc1ccccc1CNC(=O)COC(=O)c1cnn(-c2ccc(C(F)(F)F)cn2)c1C. The number of nitrogens with one attached hydrogen (secondary N) is 1. The van der Waals surface area contributed by atoms with Gasteiger partial charge in [-0.05, 0) is 25.1 Å². The predicted octanol–water partition coefficient (Wildman–Crippen LogP) is 3.08. The van der Waals surface area contributed by atoms with Crippen molar-refractivity contribution in [3.63, 3.8) is 0 Å². The Labute approximate surface area is 181 Å². The molecule has 3 aromatic rings. The minimum atomic E-state index is -4.51. The first-order chi connectivity index (χ1) is 15.2. The van der Waals surface area contributed by atoms with Crippen LogP contribution in [0, 0.1) is 6.92 Å². The number of benzene rings is 1. The molecule has 11 heteroatoms. The molecule has 0 saturated carbocycles. The van der Waals surface area contributed by atoms with Crippen LogP contribution in [-0.4, -0.2) is 40.4 Å². The van der Waals surface area contributed by atoms with Crippen LogP contribution in [0.3, 0.4) is 0 Å². The molecule has 0 spiro atoms. The largest absolute Gasteiger partial charge is 0.496 e. The van der Waals surface area contributed by atoms with Gasteiger partial charge in [-0.3, -0.25) is 4.79 Å². The van der Waals surface area contributed by atoms with E-state index in [2.05, 4.69) is 15.4 Å². The summed E-state index contributed by atoms with van der Waals surface area (Å²) in [5.41, 5.74) is 0.224. The number of carbonyl (C=O) groups is 2. The van der Waals surface area contributed by atoms with Crippen molar-refractivity contribution < 1.29 is 32.2 Å². The molecule has 0 aliphatic heterocycles. The highest BCUT2D eigenvalue weighted by atomic mass is 19.4. The molecule has 2 aromatic heterocycles. The van der Waals surface area contributed by atoms with E-state index in [1.54, 1.807) is 24.3 Å². The highest BCUT2D eigenvalue weighted by Crippen LogP contribution is 2.28. The molecule has 0 radical (unpaired) electrons. The lowest BCUT2D eigenvalue weighted by Gasteiger charge is -2.10. The average molecular weight is 448 g/mol. The summed E-state index contributed by atoms with van der Waals surface area (Å²) in [6.07, 6.45) is -2.63. The second-order valence-electron chi connectivity index (χ2n) is 6.62. The molecule has 2 heterocycles. The van der Waals surface area contributed by atoms with Crippen molar-refractivity contribution in [2.45, 2.75) is 19.6 Å². The molecular formula is C21H19F3N4O4. The van der Waals surface area contributed by atoms with Gasteiger partial charge in [0.05, 0.1) is 24.6 Å². The Morgan fingerprint density at radius 2 is 1.88 bits per heavy atom. The highest BCUT2D eigenvalue weighted by molar-refractivity contribution is 5.92. The number of ether oxygens (including phenoxy) is 2. The van der Waals surface area contributed by atoms with E-state index in [4.69, 9.17) is 9.47 Å². The summed E-state index contributed by atoms with van der Waals surface area (Å²) in [5, 5.41) is 6.60. The minimum Gasteiger partial charge on any atom is -0.496 e. The fourth-order valence-electron chi connectivity index (χ4n) is 2.82. The van der Waals surface area contributed by atoms with Crippen LogP contribution in [0.5, 0.6) is 5.75 Å². The van der Waals surface area contributed by atoms with E-state index >= 15 is 0 Å². The first kappa shape index (κ1) is 22.8. The predicted molar refractivity (Wildman–Crippen MR) is 106 cm³/mol. The van der Waals surface area contributed by atoms with Crippen LogP contribution in [0.2, 0.25) is 0 Å². The van der Waals surface area contributed by atoms with Gasteiger partial charge in [0.1, 0.15) is 11.3 Å². The molecule has 1 aromatic carbocycles. The Bertz CT molecular complexity index is 1110. The van der Waals surface area contributed by atoms with Crippen molar-refractivity contribution in [2.24, 2.45) is 0 Å².